The van der Waals surface area contributed by atoms with E-state index in [0.29, 0.717) is 0 Å². The van der Waals surface area contributed by atoms with Gasteiger partial charge >= 0.3 is 0 Å². The molecule has 2 aliphatic heterocycles. The molecule has 0 aromatic heterocycles. The Labute approximate surface area is 122 Å². The predicted octanol–water partition coefficient (Wildman–Crippen LogP) is 2.48. The quantitative estimate of drug-likeness (QED) is 0.861. The Morgan fingerprint density at radius 2 is 2.26 bits per heavy atom. The molecule has 0 bridgehead atoms. The van der Waals surface area contributed by atoms with E-state index in [0.717, 1.165) is 43.4 Å². The van der Waals surface area contributed by atoms with Gasteiger partial charge in [0.25, 0.3) is 0 Å². The molecular weight excluding hydrogens is 304 g/mol. The maximum Gasteiger partial charge on any atom is 0.240 e. The van der Waals surface area contributed by atoms with Crippen molar-refractivity contribution in [1.82, 2.24) is 10.2 Å². The third-order valence-corrected chi connectivity index (χ3v) is 4.88. The summed E-state index contributed by atoms with van der Waals surface area (Å²) in [7, 11) is 0. The van der Waals surface area contributed by atoms with Crippen LogP contribution in [0.1, 0.15) is 30.4 Å². The number of piperidine rings is 1. The Balaban J connectivity index is 1.74. The average molecular weight is 323 g/mol. The van der Waals surface area contributed by atoms with E-state index in [4.69, 9.17) is 0 Å². The maximum atomic E-state index is 12.5. The van der Waals surface area contributed by atoms with Crippen LogP contribution in [0.5, 0.6) is 0 Å². The van der Waals surface area contributed by atoms with E-state index in [9.17, 15) is 4.79 Å². The Morgan fingerprint density at radius 3 is 3.05 bits per heavy atom. The number of hydrogen-bond acceptors (Lipinski definition) is 2. The molecule has 2 aliphatic rings. The smallest absolute Gasteiger partial charge is 0.240 e. The number of rotatable bonds is 1. The van der Waals surface area contributed by atoms with Crippen LogP contribution in [-0.2, 0) is 17.8 Å². The van der Waals surface area contributed by atoms with Gasteiger partial charge in [-0.1, -0.05) is 34.5 Å². The van der Waals surface area contributed by atoms with Gasteiger partial charge < -0.3 is 10.2 Å². The standard InChI is InChI=1S/C15H19BrN2O/c16-13-5-3-4-11-7-9-18(10-12(11)13)15(19)14-6-1-2-8-17-14/h3-5,14,17H,1-2,6-10H2. The van der Waals surface area contributed by atoms with Gasteiger partial charge in [-0.2, -0.15) is 0 Å². The second-order valence-corrected chi connectivity index (χ2v) is 6.24. The van der Waals surface area contributed by atoms with Crippen LogP contribution < -0.4 is 5.32 Å². The zero-order chi connectivity index (χ0) is 13.2. The van der Waals surface area contributed by atoms with Crippen LogP contribution in [-0.4, -0.2) is 29.9 Å². The molecule has 1 unspecified atom stereocenters. The SMILES string of the molecule is O=C(C1CCCCN1)N1CCc2cccc(Br)c2C1. The summed E-state index contributed by atoms with van der Waals surface area (Å²) in [5, 5.41) is 3.35. The third-order valence-electron chi connectivity index (χ3n) is 4.14. The van der Waals surface area contributed by atoms with Crippen LogP contribution in [0, 0.1) is 0 Å². The van der Waals surface area contributed by atoms with E-state index < -0.39 is 0 Å². The second kappa shape index (κ2) is 5.63. The maximum absolute atomic E-state index is 12.5. The highest BCUT2D eigenvalue weighted by molar-refractivity contribution is 9.10. The Morgan fingerprint density at radius 1 is 1.37 bits per heavy atom. The number of carbonyl (C=O) groups is 1. The van der Waals surface area contributed by atoms with Crippen molar-refractivity contribution < 1.29 is 4.79 Å². The minimum atomic E-state index is 0.0396. The third kappa shape index (κ3) is 2.70. The molecule has 3 rings (SSSR count). The van der Waals surface area contributed by atoms with Crippen molar-refractivity contribution in [2.24, 2.45) is 0 Å². The minimum absolute atomic E-state index is 0.0396. The van der Waals surface area contributed by atoms with Crippen molar-refractivity contribution >= 4 is 21.8 Å². The Kier molecular flexibility index (Phi) is 3.89. The number of nitrogens with one attached hydrogen (secondary N) is 1. The lowest BCUT2D eigenvalue weighted by molar-refractivity contribution is -0.135. The van der Waals surface area contributed by atoms with Crippen LogP contribution in [0.15, 0.2) is 22.7 Å². The summed E-state index contributed by atoms with van der Waals surface area (Å²) < 4.78 is 1.12. The Bertz CT molecular complexity index is 483. The summed E-state index contributed by atoms with van der Waals surface area (Å²) in [5.41, 5.74) is 2.65. The van der Waals surface area contributed by atoms with Gasteiger partial charge in [-0.05, 0) is 43.0 Å². The van der Waals surface area contributed by atoms with Crippen molar-refractivity contribution in [2.45, 2.75) is 38.3 Å². The first-order valence-electron chi connectivity index (χ1n) is 7.04. The van der Waals surface area contributed by atoms with Crippen molar-refractivity contribution in [2.75, 3.05) is 13.1 Å². The summed E-state index contributed by atoms with van der Waals surface area (Å²) in [6, 6.07) is 6.34. The molecule has 1 aromatic carbocycles. The van der Waals surface area contributed by atoms with E-state index in [2.05, 4.69) is 39.4 Å². The lowest BCUT2D eigenvalue weighted by Gasteiger charge is -2.34. The highest BCUT2D eigenvalue weighted by atomic mass is 79.9. The van der Waals surface area contributed by atoms with Gasteiger partial charge in [0.2, 0.25) is 5.91 Å². The molecule has 1 fully saturated rings. The molecule has 0 aliphatic carbocycles. The number of carbonyl (C=O) groups excluding carboxylic acids is 1. The number of nitrogens with zero attached hydrogens (tertiary/aromatic N) is 1. The van der Waals surface area contributed by atoms with Gasteiger partial charge in [-0.15, -0.1) is 0 Å². The van der Waals surface area contributed by atoms with Gasteiger partial charge in [0.1, 0.15) is 0 Å². The largest absolute Gasteiger partial charge is 0.337 e. The summed E-state index contributed by atoms with van der Waals surface area (Å²) in [6.07, 6.45) is 4.31. The van der Waals surface area contributed by atoms with Gasteiger partial charge in [0, 0.05) is 17.6 Å². The fraction of sp³-hybridized carbons (Fsp3) is 0.533. The molecule has 3 nitrogen and oxygen atoms in total. The molecule has 2 heterocycles. The molecule has 4 heteroatoms. The van der Waals surface area contributed by atoms with E-state index in [1.165, 1.54) is 17.5 Å². The zero-order valence-electron chi connectivity index (χ0n) is 11.0. The molecule has 1 aromatic rings. The molecule has 1 N–H and O–H groups in total. The summed E-state index contributed by atoms with van der Waals surface area (Å²) in [4.78, 5) is 14.5. The van der Waals surface area contributed by atoms with E-state index in [-0.39, 0.29) is 11.9 Å². The van der Waals surface area contributed by atoms with Crippen LogP contribution in [0.4, 0.5) is 0 Å². The molecule has 0 saturated carbocycles. The van der Waals surface area contributed by atoms with Gasteiger partial charge in [0.15, 0.2) is 0 Å². The average Bonchev–Trinajstić information content (AvgIpc) is 2.47. The highest BCUT2D eigenvalue weighted by Gasteiger charge is 2.28. The van der Waals surface area contributed by atoms with Gasteiger partial charge in [0.05, 0.1) is 6.04 Å². The zero-order valence-corrected chi connectivity index (χ0v) is 12.6. The number of fused-ring (bicyclic) bond motifs is 1. The summed E-state index contributed by atoms with van der Waals surface area (Å²) in [6.45, 7) is 2.57. The second-order valence-electron chi connectivity index (χ2n) is 5.39. The van der Waals surface area contributed by atoms with Crippen molar-refractivity contribution in [1.29, 1.82) is 0 Å². The molecule has 19 heavy (non-hydrogen) atoms. The monoisotopic (exact) mass is 322 g/mol. The first kappa shape index (κ1) is 13.1. The number of benzene rings is 1. The highest BCUT2D eigenvalue weighted by Crippen LogP contribution is 2.27. The van der Waals surface area contributed by atoms with Crippen LogP contribution in [0.25, 0.3) is 0 Å². The number of halogens is 1. The number of amides is 1. The molecule has 0 radical (unpaired) electrons. The van der Waals surface area contributed by atoms with Crippen molar-refractivity contribution in [3.63, 3.8) is 0 Å². The molecular formula is C15H19BrN2O. The van der Waals surface area contributed by atoms with E-state index >= 15 is 0 Å². The minimum Gasteiger partial charge on any atom is -0.337 e. The lowest BCUT2D eigenvalue weighted by atomic mass is 9.98. The topological polar surface area (TPSA) is 32.3 Å². The normalized spacial score (nSPS) is 23.0. The molecule has 1 atom stereocenters. The van der Waals surface area contributed by atoms with Crippen LogP contribution in [0.2, 0.25) is 0 Å². The van der Waals surface area contributed by atoms with Crippen LogP contribution >= 0.6 is 15.9 Å². The van der Waals surface area contributed by atoms with Gasteiger partial charge in [-0.25, -0.2) is 0 Å². The fourth-order valence-corrected chi connectivity index (χ4v) is 3.54. The summed E-state index contributed by atoms with van der Waals surface area (Å²) >= 11 is 3.60. The molecule has 1 saturated heterocycles. The Hall–Kier alpha value is -0.870. The van der Waals surface area contributed by atoms with E-state index in [1.54, 1.807) is 0 Å². The van der Waals surface area contributed by atoms with Gasteiger partial charge in [-0.3, -0.25) is 4.79 Å². The van der Waals surface area contributed by atoms with Crippen LogP contribution in [0.3, 0.4) is 0 Å². The molecule has 102 valence electrons. The number of hydrogen-bond donors (Lipinski definition) is 1. The lowest BCUT2D eigenvalue weighted by Crippen LogP contribution is -2.49. The van der Waals surface area contributed by atoms with E-state index in [1.807, 2.05) is 4.90 Å². The molecule has 1 amide bonds. The first-order valence-corrected chi connectivity index (χ1v) is 7.83. The molecule has 0 spiro atoms. The summed E-state index contributed by atoms with van der Waals surface area (Å²) in [5.74, 6) is 0.279. The van der Waals surface area contributed by atoms with Crippen molar-refractivity contribution in [3.8, 4) is 0 Å². The predicted molar refractivity (Wildman–Crippen MR) is 78.9 cm³/mol. The fourth-order valence-electron chi connectivity index (χ4n) is 3.01. The first-order chi connectivity index (χ1) is 9.25. The van der Waals surface area contributed by atoms with Crippen molar-refractivity contribution in [3.05, 3.63) is 33.8 Å².